The Hall–Kier alpha value is -3.47. The van der Waals surface area contributed by atoms with Crippen molar-refractivity contribution in [1.82, 2.24) is 4.72 Å². The van der Waals surface area contributed by atoms with E-state index in [4.69, 9.17) is 11.6 Å². The minimum Gasteiger partial charge on any atom is -0.322 e. The van der Waals surface area contributed by atoms with Gasteiger partial charge in [0.15, 0.2) is 0 Å². The molecule has 0 radical (unpaired) electrons. The Morgan fingerprint density at radius 3 is 2.44 bits per heavy atom. The highest BCUT2D eigenvalue weighted by molar-refractivity contribution is 7.90. The number of rotatable bonds is 5. The van der Waals surface area contributed by atoms with Crippen LogP contribution in [0.15, 0.2) is 66.7 Å². The van der Waals surface area contributed by atoms with E-state index in [-0.39, 0.29) is 40.1 Å². The molecule has 11 heteroatoms. The monoisotopic (exact) mass is 502 g/mol. The fourth-order valence-corrected chi connectivity index (χ4v) is 4.90. The Kier molecular flexibility index (Phi) is 6.82. The predicted octanol–water partition coefficient (Wildman–Crippen LogP) is 4.03. The van der Waals surface area contributed by atoms with E-state index in [0.29, 0.717) is 18.5 Å². The second kappa shape index (κ2) is 9.80. The van der Waals surface area contributed by atoms with Crippen molar-refractivity contribution in [3.63, 3.8) is 0 Å². The lowest BCUT2D eigenvalue weighted by atomic mass is 10.1. The number of nitrogens with one attached hydrogen (secondary N) is 3. The van der Waals surface area contributed by atoms with Crippen LogP contribution in [0.3, 0.4) is 0 Å². The molecule has 3 aromatic rings. The zero-order valence-electron chi connectivity index (χ0n) is 17.7. The minimum absolute atomic E-state index is 0.124. The van der Waals surface area contributed by atoms with E-state index in [1.54, 1.807) is 30.3 Å². The van der Waals surface area contributed by atoms with Gasteiger partial charge in [0.1, 0.15) is 5.82 Å². The van der Waals surface area contributed by atoms with Crippen LogP contribution < -0.4 is 19.7 Å². The average Bonchev–Trinajstić information content (AvgIpc) is 2.81. The summed E-state index contributed by atoms with van der Waals surface area (Å²) in [6.45, 7) is 0.527. The summed E-state index contributed by atoms with van der Waals surface area (Å²) in [6.07, 6.45) is 0.572. The van der Waals surface area contributed by atoms with Gasteiger partial charge in [-0.2, -0.15) is 13.1 Å². The molecule has 0 atom stereocenters. The molecule has 1 aliphatic rings. The maximum Gasteiger partial charge on any atom is 0.301 e. The SMILES string of the molecule is O=C(Nc1cc(NC(=O)c2ccc(N3CCCNS3(=O)=O)cc2F)ccc1Cl)c1ccccc1. The van der Waals surface area contributed by atoms with Crippen LogP contribution in [0, 0.1) is 5.82 Å². The zero-order chi connectivity index (χ0) is 24.3. The third-order valence-corrected chi connectivity index (χ3v) is 6.98. The van der Waals surface area contributed by atoms with Crippen LogP contribution >= 0.6 is 11.6 Å². The molecule has 3 aromatic carbocycles. The largest absolute Gasteiger partial charge is 0.322 e. The number of carbonyl (C=O) groups excluding carboxylic acids is 2. The average molecular weight is 503 g/mol. The van der Waals surface area contributed by atoms with E-state index in [2.05, 4.69) is 15.4 Å². The van der Waals surface area contributed by atoms with Gasteiger partial charge < -0.3 is 10.6 Å². The first-order chi connectivity index (χ1) is 16.2. The van der Waals surface area contributed by atoms with Crippen molar-refractivity contribution < 1.29 is 22.4 Å². The summed E-state index contributed by atoms with van der Waals surface area (Å²) in [4.78, 5) is 25.1. The van der Waals surface area contributed by atoms with Crippen molar-refractivity contribution in [2.24, 2.45) is 0 Å². The Balaban J connectivity index is 1.50. The molecule has 1 aliphatic heterocycles. The second-order valence-corrected chi connectivity index (χ2v) is 9.54. The van der Waals surface area contributed by atoms with E-state index in [0.717, 1.165) is 10.4 Å². The molecule has 0 saturated carbocycles. The molecule has 0 unspecified atom stereocenters. The van der Waals surface area contributed by atoms with E-state index in [9.17, 15) is 22.4 Å². The number of benzene rings is 3. The van der Waals surface area contributed by atoms with Crippen LogP contribution in [0.2, 0.25) is 5.02 Å². The molecule has 176 valence electrons. The molecule has 1 heterocycles. The number of hydrogen-bond donors (Lipinski definition) is 3. The number of amides is 2. The van der Waals surface area contributed by atoms with Crippen LogP contribution in [0.25, 0.3) is 0 Å². The topological polar surface area (TPSA) is 108 Å². The third kappa shape index (κ3) is 5.19. The van der Waals surface area contributed by atoms with Gasteiger partial charge >= 0.3 is 10.2 Å². The maximum absolute atomic E-state index is 14.7. The summed E-state index contributed by atoms with van der Waals surface area (Å²) in [7, 11) is -3.74. The Bertz CT molecular complexity index is 1350. The molecule has 34 heavy (non-hydrogen) atoms. The van der Waals surface area contributed by atoms with Crippen LogP contribution in [0.1, 0.15) is 27.1 Å². The molecule has 4 rings (SSSR count). The van der Waals surface area contributed by atoms with Crippen molar-refractivity contribution in [2.75, 3.05) is 28.0 Å². The Morgan fingerprint density at radius 1 is 0.971 bits per heavy atom. The fourth-order valence-electron chi connectivity index (χ4n) is 3.41. The summed E-state index contributed by atoms with van der Waals surface area (Å²) in [5.41, 5.74) is 0.840. The molecule has 0 bridgehead atoms. The van der Waals surface area contributed by atoms with E-state index in [1.807, 2.05) is 0 Å². The van der Waals surface area contributed by atoms with E-state index < -0.39 is 21.9 Å². The summed E-state index contributed by atoms with van der Waals surface area (Å²) in [6, 6.07) is 16.6. The van der Waals surface area contributed by atoms with Crippen LogP contribution in [-0.2, 0) is 10.2 Å². The van der Waals surface area contributed by atoms with Crippen molar-refractivity contribution in [3.8, 4) is 0 Å². The summed E-state index contributed by atoms with van der Waals surface area (Å²) in [5, 5.41) is 5.50. The second-order valence-electron chi connectivity index (χ2n) is 7.46. The molecule has 2 amide bonds. The van der Waals surface area contributed by atoms with Crippen LogP contribution in [-0.4, -0.2) is 33.3 Å². The lowest BCUT2D eigenvalue weighted by molar-refractivity contribution is 0.101. The standard InChI is InChI=1S/C23H20ClFN4O4S/c24-19-10-7-16(13-21(19)28-22(30)15-5-2-1-3-6-15)27-23(31)18-9-8-17(14-20(18)25)29-12-4-11-26-34(29,32)33/h1-3,5-10,13-14,26H,4,11-12H2,(H,27,31)(H,28,30). The fraction of sp³-hybridized carbons (Fsp3) is 0.130. The highest BCUT2D eigenvalue weighted by Gasteiger charge is 2.26. The van der Waals surface area contributed by atoms with Crippen molar-refractivity contribution in [3.05, 3.63) is 88.7 Å². The number of hydrogen-bond acceptors (Lipinski definition) is 4. The molecule has 0 aromatic heterocycles. The van der Waals surface area contributed by atoms with Gasteiger partial charge in [-0.15, -0.1) is 0 Å². The van der Waals surface area contributed by atoms with Gasteiger partial charge in [-0.3, -0.25) is 13.9 Å². The smallest absolute Gasteiger partial charge is 0.301 e. The molecule has 8 nitrogen and oxygen atoms in total. The molecule has 1 fully saturated rings. The van der Waals surface area contributed by atoms with E-state index in [1.165, 1.54) is 30.3 Å². The summed E-state index contributed by atoms with van der Waals surface area (Å²) >= 11 is 6.17. The lowest BCUT2D eigenvalue weighted by Crippen LogP contribution is -2.47. The highest BCUT2D eigenvalue weighted by atomic mass is 35.5. The summed E-state index contributed by atoms with van der Waals surface area (Å²) < 4.78 is 42.5. The van der Waals surface area contributed by atoms with E-state index >= 15 is 0 Å². The zero-order valence-corrected chi connectivity index (χ0v) is 19.3. The van der Waals surface area contributed by atoms with Gasteiger partial charge in [-0.25, -0.2) is 4.39 Å². The Morgan fingerprint density at radius 2 is 1.74 bits per heavy atom. The quantitative estimate of drug-likeness (QED) is 0.489. The molecule has 0 aliphatic carbocycles. The number of halogens is 2. The minimum atomic E-state index is -3.74. The van der Waals surface area contributed by atoms with Gasteiger partial charge in [-0.1, -0.05) is 29.8 Å². The maximum atomic E-state index is 14.7. The van der Waals surface area contributed by atoms with Gasteiger partial charge in [0.05, 0.1) is 22.0 Å². The molecule has 0 spiro atoms. The Labute approximate surface area is 200 Å². The van der Waals surface area contributed by atoms with Crippen LogP contribution in [0.5, 0.6) is 0 Å². The third-order valence-electron chi connectivity index (χ3n) is 5.11. The molecular weight excluding hydrogens is 483 g/mol. The van der Waals surface area contributed by atoms with Gasteiger partial charge in [0.25, 0.3) is 11.8 Å². The summed E-state index contributed by atoms with van der Waals surface area (Å²) in [5.74, 6) is -2.00. The normalized spacial score (nSPS) is 14.9. The first kappa shape index (κ1) is 23.7. The van der Waals surface area contributed by atoms with Gasteiger partial charge in [0, 0.05) is 24.3 Å². The van der Waals surface area contributed by atoms with Gasteiger partial charge in [0.2, 0.25) is 0 Å². The first-order valence-electron chi connectivity index (χ1n) is 10.3. The van der Waals surface area contributed by atoms with Crippen molar-refractivity contribution in [2.45, 2.75) is 6.42 Å². The highest BCUT2D eigenvalue weighted by Crippen LogP contribution is 2.27. The predicted molar refractivity (Wildman–Crippen MR) is 129 cm³/mol. The van der Waals surface area contributed by atoms with Crippen molar-refractivity contribution in [1.29, 1.82) is 0 Å². The number of carbonyl (C=O) groups is 2. The molecule has 1 saturated heterocycles. The first-order valence-corrected chi connectivity index (χ1v) is 12.1. The molecular formula is C23H20ClFN4O4S. The number of nitrogens with zero attached hydrogens (tertiary/aromatic N) is 1. The number of anilines is 3. The van der Waals surface area contributed by atoms with Crippen molar-refractivity contribution >= 4 is 50.7 Å². The lowest BCUT2D eigenvalue weighted by Gasteiger charge is -2.28. The van der Waals surface area contributed by atoms with Gasteiger partial charge in [-0.05, 0) is 55.0 Å². The molecule has 3 N–H and O–H groups in total. The van der Waals surface area contributed by atoms with Crippen LogP contribution in [0.4, 0.5) is 21.5 Å².